The van der Waals surface area contributed by atoms with Crippen LogP contribution in [0.3, 0.4) is 0 Å². The lowest BCUT2D eigenvalue weighted by Gasteiger charge is -2.55. The van der Waals surface area contributed by atoms with E-state index in [1.165, 1.54) is 6.08 Å². The van der Waals surface area contributed by atoms with Crippen molar-refractivity contribution in [2.24, 2.45) is 11.1 Å². The molecular weight excluding hydrogens is 180 g/mol. The first kappa shape index (κ1) is 9.68. The average molecular weight is 196 g/mol. The third-order valence-corrected chi connectivity index (χ3v) is 2.83. The lowest BCUT2D eigenvalue weighted by Crippen LogP contribution is -2.65. The molecule has 1 amide bonds. The molecule has 78 valence electrons. The minimum absolute atomic E-state index is 0.363. The van der Waals surface area contributed by atoms with Gasteiger partial charge in [0.25, 0.3) is 0 Å². The van der Waals surface area contributed by atoms with E-state index < -0.39 is 0 Å². The highest BCUT2D eigenvalue weighted by molar-refractivity contribution is 5.85. The first-order chi connectivity index (χ1) is 6.70. The molecule has 2 N–H and O–H groups in total. The fourth-order valence-corrected chi connectivity index (χ4v) is 2.09. The van der Waals surface area contributed by atoms with E-state index >= 15 is 0 Å². The van der Waals surface area contributed by atoms with Crippen molar-refractivity contribution in [2.75, 3.05) is 32.8 Å². The lowest BCUT2D eigenvalue weighted by atomic mass is 9.78. The van der Waals surface area contributed by atoms with Crippen molar-refractivity contribution in [1.82, 2.24) is 4.90 Å². The second-order valence-electron chi connectivity index (χ2n) is 4.30. The number of amides is 1. The van der Waals surface area contributed by atoms with Crippen LogP contribution in [-0.2, 0) is 9.53 Å². The molecule has 1 spiro atoms. The summed E-state index contributed by atoms with van der Waals surface area (Å²) < 4.78 is 5.18. The van der Waals surface area contributed by atoms with Gasteiger partial charge in [-0.15, -0.1) is 0 Å². The van der Waals surface area contributed by atoms with Crippen LogP contribution in [0.15, 0.2) is 12.2 Å². The summed E-state index contributed by atoms with van der Waals surface area (Å²) >= 11 is 0. The lowest BCUT2D eigenvalue weighted by molar-refractivity contribution is -0.188. The Kier molecular flexibility index (Phi) is 2.56. The first-order valence-corrected chi connectivity index (χ1v) is 4.96. The van der Waals surface area contributed by atoms with Gasteiger partial charge in [0.2, 0.25) is 5.91 Å². The van der Waals surface area contributed by atoms with E-state index in [-0.39, 0.29) is 5.91 Å². The zero-order valence-electron chi connectivity index (χ0n) is 8.24. The third kappa shape index (κ3) is 1.96. The molecule has 0 unspecified atom stereocenters. The summed E-state index contributed by atoms with van der Waals surface area (Å²) in [6.45, 7) is 5.18. The van der Waals surface area contributed by atoms with Gasteiger partial charge in [0.05, 0.1) is 13.2 Å². The molecule has 0 aliphatic carbocycles. The number of hydrogen-bond acceptors (Lipinski definition) is 3. The minimum atomic E-state index is -0.363. The minimum Gasteiger partial charge on any atom is -0.380 e. The molecule has 2 heterocycles. The van der Waals surface area contributed by atoms with Crippen LogP contribution >= 0.6 is 0 Å². The Morgan fingerprint density at radius 1 is 1.50 bits per heavy atom. The number of carbonyl (C=O) groups excluding carboxylic acids is 1. The van der Waals surface area contributed by atoms with Crippen LogP contribution in [0.5, 0.6) is 0 Å². The van der Waals surface area contributed by atoms with Crippen molar-refractivity contribution in [3.05, 3.63) is 12.2 Å². The molecule has 2 aliphatic heterocycles. The maximum Gasteiger partial charge on any atom is 0.241 e. The summed E-state index contributed by atoms with van der Waals surface area (Å²) in [5.74, 6) is -0.363. The number of nitrogens with zero attached hydrogens (tertiary/aromatic N) is 1. The Morgan fingerprint density at radius 2 is 2.21 bits per heavy atom. The highest BCUT2D eigenvalue weighted by Crippen LogP contribution is 2.37. The number of carbonyl (C=O) groups is 1. The Labute approximate surface area is 83.7 Å². The van der Waals surface area contributed by atoms with Gasteiger partial charge in [-0.3, -0.25) is 4.79 Å². The van der Waals surface area contributed by atoms with Gasteiger partial charge < -0.3 is 15.4 Å². The van der Waals surface area contributed by atoms with E-state index in [0.717, 1.165) is 39.3 Å². The van der Waals surface area contributed by atoms with E-state index in [0.29, 0.717) is 5.41 Å². The summed E-state index contributed by atoms with van der Waals surface area (Å²) in [7, 11) is 0. The van der Waals surface area contributed by atoms with E-state index in [4.69, 9.17) is 10.5 Å². The second kappa shape index (κ2) is 3.71. The molecule has 2 fully saturated rings. The van der Waals surface area contributed by atoms with Gasteiger partial charge in [0, 0.05) is 25.0 Å². The Bertz CT molecular complexity index is 251. The Balaban J connectivity index is 1.58. The van der Waals surface area contributed by atoms with Gasteiger partial charge in [-0.05, 0) is 12.5 Å². The SMILES string of the molecule is NC(=O)C=CCCN1CC2(COC2)C1. The van der Waals surface area contributed by atoms with Gasteiger partial charge in [0.15, 0.2) is 0 Å². The molecule has 0 aromatic rings. The molecule has 0 bridgehead atoms. The smallest absolute Gasteiger partial charge is 0.241 e. The zero-order chi connectivity index (χ0) is 10.0. The van der Waals surface area contributed by atoms with Gasteiger partial charge >= 0.3 is 0 Å². The number of likely N-dealkylation sites (tertiary alicyclic amines) is 1. The maximum absolute atomic E-state index is 10.4. The molecule has 2 aliphatic rings. The molecule has 0 saturated carbocycles. The van der Waals surface area contributed by atoms with E-state index in [1.54, 1.807) is 0 Å². The molecule has 4 nitrogen and oxygen atoms in total. The molecule has 4 heteroatoms. The van der Waals surface area contributed by atoms with Gasteiger partial charge in [-0.25, -0.2) is 0 Å². The normalized spacial score (nSPS) is 24.9. The monoisotopic (exact) mass is 196 g/mol. The molecule has 14 heavy (non-hydrogen) atoms. The van der Waals surface area contributed by atoms with Gasteiger partial charge in [0.1, 0.15) is 0 Å². The quantitative estimate of drug-likeness (QED) is 0.631. The molecular formula is C10H16N2O2. The average Bonchev–Trinajstić information content (AvgIpc) is 1.96. The molecule has 0 aromatic heterocycles. The van der Waals surface area contributed by atoms with E-state index in [1.807, 2.05) is 6.08 Å². The van der Waals surface area contributed by atoms with Crippen LogP contribution < -0.4 is 5.73 Å². The standard InChI is InChI=1S/C10H16N2O2/c11-9(13)3-1-2-4-12-5-10(6-12)7-14-8-10/h1,3H,2,4-8H2,(H2,11,13). The summed E-state index contributed by atoms with van der Waals surface area (Å²) in [6.07, 6.45) is 4.17. The van der Waals surface area contributed by atoms with Crippen molar-refractivity contribution in [3.8, 4) is 0 Å². The van der Waals surface area contributed by atoms with Crippen molar-refractivity contribution >= 4 is 5.91 Å². The highest BCUT2D eigenvalue weighted by atomic mass is 16.5. The fraction of sp³-hybridized carbons (Fsp3) is 0.700. The predicted octanol–water partition coefficient (Wildman–Crippen LogP) is -0.250. The van der Waals surface area contributed by atoms with Crippen LogP contribution in [0, 0.1) is 5.41 Å². The maximum atomic E-state index is 10.4. The largest absolute Gasteiger partial charge is 0.380 e. The number of ether oxygens (including phenoxy) is 1. The molecule has 2 saturated heterocycles. The highest BCUT2D eigenvalue weighted by Gasteiger charge is 2.48. The van der Waals surface area contributed by atoms with Gasteiger partial charge in [-0.1, -0.05) is 6.08 Å². The van der Waals surface area contributed by atoms with Crippen LogP contribution in [-0.4, -0.2) is 43.7 Å². The number of primary amides is 1. The molecule has 0 radical (unpaired) electrons. The number of hydrogen-bond donors (Lipinski definition) is 1. The third-order valence-electron chi connectivity index (χ3n) is 2.83. The van der Waals surface area contributed by atoms with Crippen LogP contribution in [0.2, 0.25) is 0 Å². The van der Waals surface area contributed by atoms with Crippen molar-refractivity contribution in [1.29, 1.82) is 0 Å². The summed E-state index contributed by atoms with van der Waals surface area (Å²) in [5.41, 5.74) is 5.47. The fourth-order valence-electron chi connectivity index (χ4n) is 2.09. The molecule has 2 rings (SSSR count). The van der Waals surface area contributed by atoms with E-state index in [9.17, 15) is 4.79 Å². The number of rotatable bonds is 4. The van der Waals surface area contributed by atoms with Gasteiger partial charge in [-0.2, -0.15) is 0 Å². The van der Waals surface area contributed by atoms with Crippen LogP contribution in [0.1, 0.15) is 6.42 Å². The van der Waals surface area contributed by atoms with Crippen LogP contribution in [0.4, 0.5) is 0 Å². The topological polar surface area (TPSA) is 55.6 Å². The number of nitrogens with two attached hydrogens (primary N) is 1. The van der Waals surface area contributed by atoms with Crippen molar-refractivity contribution < 1.29 is 9.53 Å². The summed E-state index contributed by atoms with van der Waals surface area (Å²) in [6, 6.07) is 0. The van der Waals surface area contributed by atoms with Crippen LogP contribution in [0.25, 0.3) is 0 Å². The predicted molar refractivity (Wildman–Crippen MR) is 52.6 cm³/mol. The molecule has 0 atom stereocenters. The summed E-state index contributed by atoms with van der Waals surface area (Å²) in [4.78, 5) is 12.8. The summed E-state index contributed by atoms with van der Waals surface area (Å²) in [5, 5.41) is 0. The van der Waals surface area contributed by atoms with Crippen molar-refractivity contribution in [3.63, 3.8) is 0 Å². The molecule has 0 aromatic carbocycles. The van der Waals surface area contributed by atoms with E-state index in [2.05, 4.69) is 4.90 Å². The second-order valence-corrected chi connectivity index (χ2v) is 4.30. The van der Waals surface area contributed by atoms with Crippen molar-refractivity contribution in [2.45, 2.75) is 6.42 Å². The first-order valence-electron chi connectivity index (χ1n) is 4.96. The Morgan fingerprint density at radius 3 is 2.71 bits per heavy atom. The zero-order valence-corrected chi connectivity index (χ0v) is 8.24. The Hall–Kier alpha value is -0.870.